The Morgan fingerprint density at radius 1 is 0.583 bits per heavy atom. The topological polar surface area (TPSA) is 71.1 Å². The van der Waals surface area contributed by atoms with Gasteiger partial charge in [-0.15, -0.1) is 0 Å². The van der Waals surface area contributed by atoms with Crippen molar-refractivity contribution in [2.45, 2.75) is 114 Å². The van der Waals surface area contributed by atoms with Crippen molar-refractivity contribution in [3.05, 3.63) is 0 Å². The van der Waals surface area contributed by atoms with Gasteiger partial charge < -0.3 is 19.7 Å². The first-order valence-corrected chi connectivity index (χ1v) is 13.7. The maximum atomic E-state index is 12.3. The molecule has 0 aliphatic rings. The molecule has 36 heavy (non-hydrogen) atoms. The summed E-state index contributed by atoms with van der Waals surface area (Å²) in [5, 5.41) is 3.46. The van der Waals surface area contributed by atoms with Crippen LogP contribution in [-0.4, -0.2) is 85.3 Å². The van der Waals surface area contributed by atoms with Gasteiger partial charge in [0, 0.05) is 26.2 Å². The van der Waals surface area contributed by atoms with Crippen LogP contribution >= 0.6 is 0 Å². The number of unbranched alkanes of at least 4 members (excludes halogenated alkanes) is 2. The number of ether oxygens (including phenoxy) is 2. The Morgan fingerprint density at radius 3 is 1.42 bits per heavy atom. The highest BCUT2D eigenvalue weighted by Gasteiger charge is 2.23. The van der Waals surface area contributed by atoms with Crippen LogP contribution in [0.5, 0.6) is 0 Å². The van der Waals surface area contributed by atoms with Crippen LogP contribution in [0.2, 0.25) is 0 Å². The van der Waals surface area contributed by atoms with Gasteiger partial charge in [0.15, 0.2) is 0 Å². The first-order chi connectivity index (χ1) is 16.2. The van der Waals surface area contributed by atoms with Crippen molar-refractivity contribution in [3.63, 3.8) is 0 Å². The lowest BCUT2D eigenvalue weighted by Gasteiger charge is -2.34. The fourth-order valence-electron chi connectivity index (χ4n) is 4.01. The van der Waals surface area contributed by atoms with E-state index in [9.17, 15) is 9.59 Å². The Bertz CT molecular complexity index is 591. The summed E-state index contributed by atoms with van der Waals surface area (Å²) in [5.41, 5.74) is -0.501. The van der Waals surface area contributed by atoms with Crippen LogP contribution in [-0.2, 0) is 19.1 Å². The SMILES string of the molecule is CC(C)(C)CN(CCCCCNCCN(CC(=O)OC(C)(C)C)CC(=O)OC(C)(C)C)CC(C)(C)C. The van der Waals surface area contributed by atoms with E-state index in [1.807, 2.05) is 41.5 Å². The first-order valence-electron chi connectivity index (χ1n) is 13.7. The van der Waals surface area contributed by atoms with E-state index in [1.54, 1.807) is 4.90 Å². The zero-order valence-corrected chi connectivity index (χ0v) is 25.8. The third kappa shape index (κ3) is 23.2. The number of esters is 2. The Balaban J connectivity index is 4.49. The van der Waals surface area contributed by atoms with Gasteiger partial charge in [-0.3, -0.25) is 14.5 Å². The van der Waals surface area contributed by atoms with E-state index in [2.05, 4.69) is 51.8 Å². The van der Waals surface area contributed by atoms with Crippen molar-refractivity contribution in [2.75, 3.05) is 52.4 Å². The maximum Gasteiger partial charge on any atom is 0.320 e. The van der Waals surface area contributed by atoms with Gasteiger partial charge in [0.05, 0.1) is 13.1 Å². The van der Waals surface area contributed by atoms with Crippen LogP contribution in [0.4, 0.5) is 0 Å². The van der Waals surface area contributed by atoms with E-state index in [0.717, 1.165) is 32.6 Å². The van der Waals surface area contributed by atoms with Gasteiger partial charge >= 0.3 is 11.9 Å². The van der Waals surface area contributed by atoms with Crippen molar-refractivity contribution in [2.24, 2.45) is 10.8 Å². The molecule has 214 valence electrons. The fraction of sp³-hybridized carbons (Fsp3) is 0.931. The molecule has 0 bridgehead atoms. The van der Waals surface area contributed by atoms with Crippen LogP contribution < -0.4 is 5.32 Å². The molecule has 0 radical (unpaired) electrons. The highest BCUT2D eigenvalue weighted by molar-refractivity contribution is 5.75. The molecule has 0 aliphatic carbocycles. The predicted octanol–water partition coefficient (Wildman–Crippen LogP) is 5.13. The molecular formula is C29H59N3O4. The zero-order valence-electron chi connectivity index (χ0n) is 25.8. The summed E-state index contributed by atoms with van der Waals surface area (Å²) in [5.74, 6) is -0.665. The quantitative estimate of drug-likeness (QED) is 0.240. The van der Waals surface area contributed by atoms with E-state index < -0.39 is 11.2 Å². The highest BCUT2D eigenvalue weighted by atomic mass is 16.6. The number of carbonyl (C=O) groups is 2. The molecule has 0 fully saturated rings. The zero-order chi connectivity index (χ0) is 28.2. The smallest absolute Gasteiger partial charge is 0.320 e. The molecule has 0 heterocycles. The second kappa shape index (κ2) is 15.3. The van der Waals surface area contributed by atoms with Crippen molar-refractivity contribution in [3.8, 4) is 0 Å². The average molecular weight is 514 g/mol. The monoisotopic (exact) mass is 513 g/mol. The molecule has 0 aromatic heterocycles. The average Bonchev–Trinajstić information content (AvgIpc) is 2.57. The van der Waals surface area contributed by atoms with Gasteiger partial charge in [-0.25, -0.2) is 0 Å². The van der Waals surface area contributed by atoms with Crippen molar-refractivity contribution in [1.82, 2.24) is 15.1 Å². The standard InChI is InChI=1S/C29H59N3O4/c1-26(2,3)22-32(23-27(4,5)6)18-15-13-14-16-30-17-19-31(20-24(33)35-28(7,8)9)21-25(34)36-29(10,11)12/h30H,13-23H2,1-12H3. The van der Waals surface area contributed by atoms with Crippen LogP contribution in [0.1, 0.15) is 102 Å². The van der Waals surface area contributed by atoms with E-state index in [1.165, 1.54) is 12.8 Å². The largest absolute Gasteiger partial charge is 0.459 e. The van der Waals surface area contributed by atoms with Crippen LogP contribution in [0.15, 0.2) is 0 Å². The van der Waals surface area contributed by atoms with E-state index in [4.69, 9.17) is 9.47 Å². The van der Waals surface area contributed by atoms with E-state index in [-0.39, 0.29) is 25.0 Å². The summed E-state index contributed by atoms with van der Waals surface area (Å²) in [6.07, 6.45) is 3.48. The van der Waals surface area contributed by atoms with Gasteiger partial charge in [-0.1, -0.05) is 48.0 Å². The molecule has 7 nitrogen and oxygen atoms in total. The van der Waals surface area contributed by atoms with Gasteiger partial charge in [0.1, 0.15) is 11.2 Å². The molecule has 7 heteroatoms. The lowest BCUT2D eigenvalue weighted by molar-refractivity contribution is -0.159. The van der Waals surface area contributed by atoms with Crippen molar-refractivity contribution >= 4 is 11.9 Å². The Hall–Kier alpha value is -1.18. The van der Waals surface area contributed by atoms with Gasteiger partial charge in [0.2, 0.25) is 0 Å². The van der Waals surface area contributed by atoms with Crippen LogP contribution in [0.3, 0.4) is 0 Å². The third-order valence-corrected chi connectivity index (χ3v) is 4.87. The molecule has 0 amide bonds. The molecule has 0 aromatic carbocycles. The second-order valence-corrected chi connectivity index (χ2v) is 14.5. The molecule has 0 aromatic rings. The minimum Gasteiger partial charge on any atom is -0.459 e. The summed E-state index contributed by atoms with van der Waals surface area (Å²) in [6, 6.07) is 0. The number of carbonyl (C=O) groups excluding carboxylic acids is 2. The van der Waals surface area contributed by atoms with Crippen molar-refractivity contribution in [1.29, 1.82) is 0 Å². The van der Waals surface area contributed by atoms with Gasteiger partial charge in [-0.05, 0) is 78.3 Å². The Labute approximate surface area is 223 Å². The molecule has 0 spiro atoms. The Morgan fingerprint density at radius 2 is 1.03 bits per heavy atom. The molecule has 0 saturated heterocycles. The number of nitrogens with zero attached hydrogens (tertiary/aromatic N) is 2. The number of rotatable bonds is 15. The summed E-state index contributed by atoms with van der Waals surface area (Å²) < 4.78 is 10.9. The number of nitrogens with one attached hydrogen (secondary N) is 1. The molecular weight excluding hydrogens is 454 g/mol. The van der Waals surface area contributed by atoms with E-state index >= 15 is 0 Å². The number of hydrogen-bond donors (Lipinski definition) is 1. The lowest BCUT2D eigenvalue weighted by Crippen LogP contribution is -2.42. The predicted molar refractivity (Wildman–Crippen MR) is 150 cm³/mol. The van der Waals surface area contributed by atoms with Gasteiger partial charge in [-0.2, -0.15) is 0 Å². The minimum absolute atomic E-state index is 0.0651. The van der Waals surface area contributed by atoms with Gasteiger partial charge in [0.25, 0.3) is 0 Å². The molecule has 0 rings (SSSR count). The molecule has 0 aliphatic heterocycles. The summed E-state index contributed by atoms with van der Waals surface area (Å²) in [6.45, 7) is 30.6. The molecule has 0 saturated carbocycles. The van der Waals surface area contributed by atoms with Crippen molar-refractivity contribution < 1.29 is 19.1 Å². The highest BCUT2D eigenvalue weighted by Crippen LogP contribution is 2.21. The molecule has 1 N–H and O–H groups in total. The molecule has 0 unspecified atom stereocenters. The molecule has 0 atom stereocenters. The summed E-state index contributed by atoms with van der Waals surface area (Å²) in [7, 11) is 0. The number of hydrogen-bond acceptors (Lipinski definition) is 7. The minimum atomic E-state index is -0.553. The summed E-state index contributed by atoms with van der Waals surface area (Å²) in [4.78, 5) is 29.1. The second-order valence-electron chi connectivity index (χ2n) is 14.5. The third-order valence-electron chi connectivity index (χ3n) is 4.87. The lowest BCUT2D eigenvalue weighted by atomic mass is 9.92. The fourth-order valence-corrected chi connectivity index (χ4v) is 4.01. The van der Waals surface area contributed by atoms with E-state index in [0.29, 0.717) is 23.9 Å². The Kier molecular flexibility index (Phi) is 14.8. The van der Waals surface area contributed by atoms with Crippen LogP contribution in [0, 0.1) is 10.8 Å². The summed E-state index contributed by atoms with van der Waals surface area (Å²) >= 11 is 0. The normalized spacial score (nSPS) is 13.4. The first kappa shape index (κ1) is 34.8. The van der Waals surface area contributed by atoms with Crippen LogP contribution in [0.25, 0.3) is 0 Å². The maximum absolute atomic E-state index is 12.3.